The van der Waals surface area contributed by atoms with Crippen LogP contribution in [0.3, 0.4) is 0 Å². The fraction of sp³-hybridized carbons (Fsp3) is 0.130. The lowest BCUT2D eigenvalue weighted by atomic mass is 10.1. The highest BCUT2D eigenvalue weighted by Gasteiger charge is 2.23. The zero-order chi connectivity index (χ0) is 22.9. The van der Waals surface area contributed by atoms with E-state index in [9.17, 15) is 4.39 Å². The summed E-state index contributed by atoms with van der Waals surface area (Å²) in [4.78, 5) is 10.4. The molecule has 0 radical (unpaired) electrons. The monoisotopic (exact) mass is 504 g/mol. The van der Waals surface area contributed by atoms with Crippen molar-refractivity contribution >= 4 is 46.2 Å². The molecule has 6 nitrogen and oxygen atoms in total. The molecular formula is C23H16Cl3FN4O2. The summed E-state index contributed by atoms with van der Waals surface area (Å²) in [6.07, 6.45) is 2.30. The smallest absolute Gasteiger partial charge is 0.248 e. The zero-order valence-electron chi connectivity index (χ0n) is 16.9. The number of amidine groups is 1. The first-order valence-electron chi connectivity index (χ1n) is 9.98. The second kappa shape index (κ2) is 9.19. The Kier molecular flexibility index (Phi) is 6.12. The van der Waals surface area contributed by atoms with E-state index in [1.807, 2.05) is 24.3 Å². The summed E-state index contributed by atoms with van der Waals surface area (Å²) in [6, 6.07) is 15.2. The number of rotatable bonds is 5. The van der Waals surface area contributed by atoms with Gasteiger partial charge < -0.3 is 4.74 Å². The summed E-state index contributed by atoms with van der Waals surface area (Å²) in [7, 11) is 0. The quantitative estimate of drug-likeness (QED) is 0.355. The van der Waals surface area contributed by atoms with Crippen molar-refractivity contribution in [3.05, 3.63) is 92.8 Å². The second-order valence-electron chi connectivity index (χ2n) is 7.38. The summed E-state index contributed by atoms with van der Waals surface area (Å²) >= 11 is 18.2. The molecule has 2 aromatic carbocycles. The number of fused-ring (bicyclic) bond motifs is 1. The van der Waals surface area contributed by atoms with Gasteiger partial charge in [-0.1, -0.05) is 46.9 Å². The molecule has 1 atom stereocenters. The van der Waals surface area contributed by atoms with Crippen molar-refractivity contribution < 1.29 is 14.0 Å². The standard InChI is InChI=1S/C23H16Cl3FN4O2/c24-14-7-6-13(19(26)10-14)9-15-12-32-30-22(28-15)17-11-16-3-2-8-31(16)29-23(17)33-20-5-1-4-18(25)21(20)27/h1-8,10-11,15H,9,12H2,(H,28,30). The van der Waals surface area contributed by atoms with E-state index in [4.69, 9.17) is 49.4 Å². The van der Waals surface area contributed by atoms with Crippen LogP contribution in [0.5, 0.6) is 11.6 Å². The molecule has 1 N–H and O–H groups in total. The summed E-state index contributed by atoms with van der Waals surface area (Å²) in [5.74, 6) is -0.181. The summed E-state index contributed by atoms with van der Waals surface area (Å²) in [5.41, 5.74) is 5.04. The van der Waals surface area contributed by atoms with Gasteiger partial charge in [0, 0.05) is 16.2 Å². The Balaban J connectivity index is 1.52. The molecule has 4 aromatic rings. The molecular weight excluding hydrogens is 490 g/mol. The van der Waals surface area contributed by atoms with E-state index in [0.29, 0.717) is 34.5 Å². The van der Waals surface area contributed by atoms with Gasteiger partial charge in [0.2, 0.25) is 5.88 Å². The molecule has 0 amide bonds. The third-order valence-corrected chi connectivity index (χ3v) is 5.96. The van der Waals surface area contributed by atoms with E-state index in [2.05, 4.69) is 10.6 Å². The lowest BCUT2D eigenvalue weighted by molar-refractivity contribution is 0.0623. The van der Waals surface area contributed by atoms with Gasteiger partial charge in [0.1, 0.15) is 0 Å². The van der Waals surface area contributed by atoms with Crippen LogP contribution in [0.15, 0.2) is 65.8 Å². The fourth-order valence-corrected chi connectivity index (χ4v) is 4.14. The zero-order valence-corrected chi connectivity index (χ0v) is 19.2. The number of nitrogens with one attached hydrogen (secondary N) is 1. The number of benzene rings is 2. The maximum Gasteiger partial charge on any atom is 0.248 e. The Labute approximate surface area is 203 Å². The van der Waals surface area contributed by atoms with Gasteiger partial charge in [0.05, 0.1) is 28.8 Å². The highest BCUT2D eigenvalue weighted by atomic mass is 35.5. The van der Waals surface area contributed by atoms with Crippen molar-refractivity contribution in [3.63, 3.8) is 0 Å². The number of aromatic nitrogens is 2. The van der Waals surface area contributed by atoms with E-state index in [1.54, 1.807) is 28.9 Å². The molecule has 0 saturated carbocycles. The normalized spacial score (nSPS) is 15.9. The largest absolute Gasteiger partial charge is 0.434 e. The van der Waals surface area contributed by atoms with Gasteiger partial charge in [-0.25, -0.2) is 14.4 Å². The predicted molar refractivity (Wildman–Crippen MR) is 126 cm³/mol. The minimum Gasteiger partial charge on any atom is -0.434 e. The average Bonchev–Trinajstić information content (AvgIpc) is 3.26. The van der Waals surface area contributed by atoms with Crippen LogP contribution >= 0.6 is 34.8 Å². The highest BCUT2D eigenvalue weighted by Crippen LogP contribution is 2.31. The summed E-state index contributed by atoms with van der Waals surface area (Å²) < 4.78 is 22.0. The molecule has 2 aromatic heterocycles. The Morgan fingerprint density at radius 2 is 1.97 bits per heavy atom. The van der Waals surface area contributed by atoms with Crippen LogP contribution in [0, 0.1) is 5.82 Å². The summed E-state index contributed by atoms with van der Waals surface area (Å²) in [6.45, 7) is 0.336. The highest BCUT2D eigenvalue weighted by molar-refractivity contribution is 6.35. The van der Waals surface area contributed by atoms with Crippen molar-refractivity contribution in [1.82, 2.24) is 15.1 Å². The number of aliphatic imine (C=N–C) groups is 1. The van der Waals surface area contributed by atoms with E-state index in [0.717, 1.165) is 11.1 Å². The molecule has 1 aliphatic rings. The first-order chi connectivity index (χ1) is 16.0. The molecule has 0 spiro atoms. The van der Waals surface area contributed by atoms with E-state index in [-0.39, 0.29) is 22.7 Å². The Hall–Kier alpha value is -2.84. The van der Waals surface area contributed by atoms with Crippen molar-refractivity contribution in [2.24, 2.45) is 4.99 Å². The fourth-order valence-electron chi connectivity index (χ4n) is 3.49. The maximum absolute atomic E-state index is 14.5. The number of hydrogen-bond donors (Lipinski definition) is 1. The lowest BCUT2D eigenvalue weighted by Crippen LogP contribution is -2.37. The first-order valence-corrected chi connectivity index (χ1v) is 11.1. The van der Waals surface area contributed by atoms with E-state index < -0.39 is 5.82 Å². The summed E-state index contributed by atoms with van der Waals surface area (Å²) in [5, 5.41) is 5.56. The van der Waals surface area contributed by atoms with Gasteiger partial charge in [0.15, 0.2) is 17.4 Å². The van der Waals surface area contributed by atoms with Crippen molar-refractivity contribution in [3.8, 4) is 11.6 Å². The molecule has 0 saturated heterocycles. The Bertz CT molecular complexity index is 1380. The van der Waals surface area contributed by atoms with Crippen LogP contribution in [0.2, 0.25) is 15.1 Å². The Morgan fingerprint density at radius 3 is 2.82 bits per heavy atom. The molecule has 0 aliphatic carbocycles. The Morgan fingerprint density at radius 1 is 1.09 bits per heavy atom. The van der Waals surface area contributed by atoms with Crippen molar-refractivity contribution in [1.29, 1.82) is 0 Å². The van der Waals surface area contributed by atoms with Gasteiger partial charge >= 0.3 is 0 Å². The molecule has 33 heavy (non-hydrogen) atoms. The predicted octanol–water partition coefficient (Wildman–Crippen LogP) is 6.12. The van der Waals surface area contributed by atoms with E-state index in [1.165, 1.54) is 12.1 Å². The van der Waals surface area contributed by atoms with Gasteiger partial charge in [-0.15, -0.1) is 5.10 Å². The molecule has 168 valence electrons. The van der Waals surface area contributed by atoms with Gasteiger partial charge in [-0.05, 0) is 54.4 Å². The van der Waals surface area contributed by atoms with Crippen LogP contribution in [-0.2, 0) is 11.3 Å². The molecule has 1 unspecified atom stereocenters. The second-order valence-corrected chi connectivity index (χ2v) is 8.63. The van der Waals surface area contributed by atoms with E-state index >= 15 is 0 Å². The molecule has 3 heterocycles. The minimum absolute atomic E-state index is 0.0486. The average molecular weight is 506 g/mol. The van der Waals surface area contributed by atoms with Crippen LogP contribution in [0.25, 0.3) is 5.52 Å². The molecule has 0 fully saturated rings. The van der Waals surface area contributed by atoms with Crippen LogP contribution < -0.4 is 10.2 Å². The van der Waals surface area contributed by atoms with Crippen molar-refractivity contribution in [2.45, 2.75) is 12.5 Å². The van der Waals surface area contributed by atoms with Gasteiger partial charge in [-0.3, -0.25) is 9.83 Å². The van der Waals surface area contributed by atoms with Gasteiger partial charge in [0.25, 0.3) is 0 Å². The third-order valence-electron chi connectivity index (χ3n) is 5.08. The SMILES string of the molecule is Fc1c(Cl)cccc1Oc1nn2cccc2cc1C1=NC(Cc2ccc(Cl)cc2Cl)CON1. The maximum atomic E-state index is 14.5. The molecule has 10 heteroatoms. The van der Waals surface area contributed by atoms with Crippen LogP contribution in [0.4, 0.5) is 4.39 Å². The first kappa shape index (κ1) is 22.0. The molecule has 1 aliphatic heterocycles. The van der Waals surface area contributed by atoms with Crippen LogP contribution in [-0.4, -0.2) is 28.1 Å². The number of nitrogens with zero attached hydrogens (tertiary/aromatic N) is 3. The van der Waals surface area contributed by atoms with Gasteiger partial charge in [-0.2, -0.15) is 0 Å². The third kappa shape index (κ3) is 4.63. The minimum atomic E-state index is -0.676. The number of halogens is 4. The molecule has 0 bridgehead atoms. The van der Waals surface area contributed by atoms with Crippen molar-refractivity contribution in [2.75, 3.05) is 6.61 Å². The lowest BCUT2D eigenvalue weighted by Gasteiger charge is -2.23. The number of hydrogen-bond acceptors (Lipinski definition) is 5. The number of ether oxygens (including phenoxy) is 1. The topological polar surface area (TPSA) is 60.2 Å². The number of hydroxylamine groups is 1. The molecule has 5 rings (SSSR count). The van der Waals surface area contributed by atoms with Crippen LogP contribution in [0.1, 0.15) is 11.1 Å².